The molecule has 3 aromatic heterocycles. The standard InChI is InChI=1S/C10H7ClN6S/c11-7-8(12)13-5-14-9(7)18-10-16-15-6-3-1-2-4-17(6)10/h1-5H,(H2,12,13,14). The predicted octanol–water partition coefficient (Wildman–Crippen LogP) is 1.91. The van der Waals surface area contributed by atoms with Crippen LogP contribution < -0.4 is 5.73 Å². The molecular weight excluding hydrogens is 272 g/mol. The maximum absolute atomic E-state index is 6.03. The molecule has 0 aliphatic rings. The number of nitrogen functional groups attached to an aromatic ring is 1. The number of nitrogens with two attached hydrogens (primary N) is 1. The van der Waals surface area contributed by atoms with Gasteiger partial charge < -0.3 is 5.73 Å². The summed E-state index contributed by atoms with van der Waals surface area (Å²) in [5.41, 5.74) is 6.39. The fourth-order valence-corrected chi connectivity index (χ4v) is 2.43. The molecule has 18 heavy (non-hydrogen) atoms. The van der Waals surface area contributed by atoms with Gasteiger partial charge in [0.15, 0.2) is 5.65 Å². The van der Waals surface area contributed by atoms with Crippen LogP contribution in [0.15, 0.2) is 40.9 Å². The molecular formula is C10H7ClN6S. The van der Waals surface area contributed by atoms with Gasteiger partial charge >= 0.3 is 0 Å². The summed E-state index contributed by atoms with van der Waals surface area (Å²) in [6.07, 6.45) is 3.24. The molecule has 3 rings (SSSR count). The second-order valence-electron chi connectivity index (χ2n) is 3.39. The van der Waals surface area contributed by atoms with Crippen LogP contribution >= 0.6 is 23.4 Å². The number of fused-ring (bicyclic) bond motifs is 1. The van der Waals surface area contributed by atoms with Crippen molar-refractivity contribution in [3.05, 3.63) is 35.7 Å². The molecule has 0 saturated carbocycles. The molecule has 0 unspecified atom stereocenters. The van der Waals surface area contributed by atoms with Crippen LogP contribution in [0.5, 0.6) is 0 Å². The Balaban J connectivity index is 2.04. The van der Waals surface area contributed by atoms with Crippen LogP contribution in [0.1, 0.15) is 0 Å². The van der Waals surface area contributed by atoms with Crippen molar-refractivity contribution in [2.24, 2.45) is 0 Å². The molecule has 0 aliphatic heterocycles. The SMILES string of the molecule is Nc1ncnc(Sc2nnc3ccccn23)c1Cl. The highest BCUT2D eigenvalue weighted by Crippen LogP contribution is 2.32. The zero-order valence-electron chi connectivity index (χ0n) is 8.99. The summed E-state index contributed by atoms with van der Waals surface area (Å²) in [6, 6.07) is 5.66. The van der Waals surface area contributed by atoms with E-state index in [4.69, 9.17) is 17.3 Å². The van der Waals surface area contributed by atoms with Crippen molar-refractivity contribution in [2.75, 3.05) is 5.73 Å². The van der Waals surface area contributed by atoms with E-state index < -0.39 is 0 Å². The summed E-state index contributed by atoms with van der Waals surface area (Å²) >= 11 is 7.32. The van der Waals surface area contributed by atoms with Gasteiger partial charge in [-0.2, -0.15) is 0 Å². The van der Waals surface area contributed by atoms with E-state index in [1.54, 1.807) is 0 Å². The average molecular weight is 279 g/mol. The van der Waals surface area contributed by atoms with Crippen molar-refractivity contribution in [3.63, 3.8) is 0 Å². The first-order valence-corrected chi connectivity index (χ1v) is 6.19. The third-order valence-electron chi connectivity index (χ3n) is 2.25. The topological polar surface area (TPSA) is 82.0 Å². The number of aromatic nitrogens is 5. The smallest absolute Gasteiger partial charge is 0.201 e. The number of hydrogen-bond donors (Lipinski definition) is 1. The minimum Gasteiger partial charge on any atom is -0.382 e. The van der Waals surface area contributed by atoms with E-state index in [-0.39, 0.29) is 5.82 Å². The normalized spacial score (nSPS) is 10.9. The van der Waals surface area contributed by atoms with Crippen LogP contribution in [0.3, 0.4) is 0 Å². The molecule has 0 atom stereocenters. The lowest BCUT2D eigenvalue weighted by Gasteiger charge is -2.02. The highest BCUT2D eigenvalue weighted by Gasteiger charge is 2.12. The number of rotatable bonds is 2. The third kappa shape index (κ3) is 1.87. The average Bonchev–Trinajstić information content (AvgIpc) is 2.79. The quantitative estimate of drug-likeness (QED) is 0.721. The van der Waals surface area contributed by atoms with Crippen molar-refractivity contribution in [2.45, 2.75) is 10.2 Å². The number of anilines is 1. The lowest BCUT2D eigenvalue weighted by atomic mass is 10.5. The van der Waals surface area contributed by atoms with Crippen LogP contribution in [-0.2, 0) is 0 Å². The van der Waals surface area contributed by atoms with Gasteiger partial charge in [0.1, 0.15) is 22.2 Å². The summed E-state index contributed by atoms with van der Waals surface area (Å²) in [5.74, 6) is 0.253. The fourth-order valence-electron chi connectivity index (χ4n) is 1.41. The van der Waals surface area contributed by atoms with Gasteiger partial charge in [-0.25, -0.2) is 9.97 Å². The van der Waals surface area contributed by atoms with Gasteiger partial charge in [0.05, 0.1) is 0 Å². The van der Waals surface area contributed by atoms with Crippen molar-refractivity contribution in [1.29, 1.82) is 0 Å². The Hall–Kier alpha value is -1.86. The Labute approximate surface area is 111 Å². The molecule has 3 aromatic rings. The Morgan fingerprint density at radius 3 is 3.00 bits per heavy atom. The minimum absolute atomic E-state index is 0.253. The Morgan fingerprint density at radius 1 is 1.22 bits per heavy atom. The molecule has 0 spiro atoms. The lowest BCUT2D eigenvalue weighted by molar-refractivity contribution is 0.915. The number of nitrogens with zero attached hydrogens (tertiary/aromatic N) is 5. The first-order valence-electron chi connectivity index (χ1n) is 4.99. The fraction of sp³-hybridized carbons (Fsp3) is 0. The molecule has 0 amide bonds. The van der Waals surface area contributed by atoms with Crippen molar-refractivity contribution in [3.8, 4) is 0 Å². The van der Waals surface area contributed by atoms with Crippen LogP contribution in [0.2, 0.25) is 5.02 Å². The Kier molecular flexibility index (Phi) is 2.77. The molecule has 6 nitrogen and oxygen atoms in total. The van der Waals surface area contributed by atoms with E-state index in [1.165, 1.54) is 18.1 Å². The molecule has 2 N–H and O–H groups in total. The van der Waals surface area contributed by atoms with Crippen molar-refractivity contribution in [1.82, 2.24) is 24.6 Å². The monoisotopic (exact) mass is 278 g/mol. The molecule has 90 valence electrons. The largest absolute Gasteiger partial charge is 0.382 e. The summed E-state index contributed by atoms with van der Waals surface area (Å²) in [7, 11) is 0. The summed E-state index contributed by atoms with van der Waals surface area (Å²) in [6.45, 7) is 0. The van der Waals surface area contributed by atoms with E-state index in [2.05, 4.69) is 20.2 Å². The molecule has 0 aromatic carbocycles. The van der Waals surface area contributed by atoms with Crippen LogP contribution in [0.25, 0.3) is 5.65 Å². The van der Waals surface area contributed by atoms with E-state index in [9.17, 15) is 0 Å². The Bertz CT molecular complexity index is 712. The van der Waals surface area contributed by atoms with E-state index in [0.717, 1.165) is 5.65 Å². The van der Waals surface area contributed by atoms with E-state index in [0.29, 0.717) is 15.2 Å². The summed E-state index contributed by atoms with van der Waals surface area (Å²) < 4.78 is 1.85. The van der Waals surface area contributed by atoms with Crippen LogP contribution in [0.4, 0.5) is 5.82 Å². The third-order valence-corrected chi connectivity index (χ3v) is 3.70. The molecule has 8 heteroatoms. The molecule has 0 aliphatic carbocycles. The van der Waals surface area contributed by atoms with Crippen molar-refractivity contribution >= 4 is 34.8 Å². The molecule has 0 bridgehead atoms. The predicted molar refractivity (Wildman–Crippen MR) is 68.6 cm³/mol. The zero-order chi connectivity index (χ0) is 12.5. The van der Waals surface area contributed by atoms with Gasteiger partial charge in [0, 0.05) is 6.20 Å². The maximum Gasteiger partial charge on any atom is 0.201 e. The number of pyridine rings is 1. The first kappa shape index (κ1) is 11.2. The first-order chi connectivity index (χ1) is 8.75. The molecule has 0 fully saturated rings. The molecule has 0 saturated heterocycles. The summed E-state index contributed by atoms with van der Waals surface area (Å²) in [5, 5.41) is 9.68. The molecule has 3 heterocycles. The van der Waals surface area contributed by atoms with E-state index >= 15 is 0 Å². The van der Waals surface area contributed by atoms with Crippen LogP contribution in [0, 0.1) is 0 Å². The zero-order valence-corrected chi connectivity index (χ0v) is 10.6. The van der Waals surface area contributed by atoms with Gasteiger partial charge in [-0.05, 0) is 23.9 Å². The van der Waals surface area contributed by atoms with Gasteiger partial charge in [0.2, 0.25) is 5.16 Å². The number of halogens is 1. The van der Waals surface area contributed by atoms with Gasteiger partial charge in [-0.3, -0.25) is 4.40 Å². The van der Waals surface area contributed by atoms with Gasteiger partial charge in [-0.1, -0.05) is 17.7 Å². The lowest BCUT2D eigenvalue weighted by Crippen LogP contribution is -1.95. The second kappa shape index (κ2) is 4.43. The Morgan fingerprint density at radius 2 is 2.11 bits per heavy atom. The highest BCUT2D eigenvalue weighted by atomic mass is 35.5. The second-order valence-corrected chi connectivity index (χ2v) is 4.73. The van der Waals surface area contributed by atoms with Gasteiger partial charge in [-0.15, -0.1) is 10.2 Å². The van der Waals surface area contributed by atoms with Gasteiger partial charge in [0.25, 0.3) is 0 Å². The molecule has 0 radical (unpaired) electrons. The van der Waals surface area contributed by atoms with Crippen LogP contribution in [-0.4, -0.2) is 24.6 Å². The summed E-state index contributed by atoms with van der Waals surface area (Å²) in [4.78, 5) is 7.89. The number of hydrogen-bond acceptors (Lipinski definition) is 6. The highest BCUT2D eigenvalue weighted by molar-refractivity contribution is 7.99. The van der Waals surface area contributed by atoms with Crippen molar-refractivity contribution < 1.29 is 0 Å². The van der Waals surface area contributed by atoms with E-state index in [1.807, 2.05) is 28.8 Å². The minimum atomic E-state index is 0.253. The maximum atomic E-state index is 6.03.